The second kappa shape index (κ2) is 42.5. The lowest BCUT2D eigenvalue weighted by Gasteiger charge is -2.24. The van der Waals surface area contributed by atoms with E-state index in [1.54, 1.807) is 4.90 Å². The summed E-state index contributed by atoms with van der Waals surface area (Å²) in [7, 11) is 0. The third-order valence-electron chi connectivity index (χ3n) is 10.9. The van der Waals surface area contributed by atoms with Crippen molar-refractivity contribution in [3.63, 3.8) is 0 Å². The van der Waals surface area contributed by atoms with E-state index in [1.165, 1.54) is 167 Å². The summed E-state index contributed by atoms with van der Waals surface area (Å²) < 4.78 is 11.0. The van der Waals surface area contributed by atoms with Gasteiger partial charge in [-0.15, -0.1) is 0 Å². The number of quaternary nitrogens is 2. The normalized spacial score (nSPS) is 11.9. The van der Waals surface area contributed by atoms with Gasteiger partial charge in [0.1, 0.15) is 13.2 Å². The minimum atomic E-state index is -0.372. The van der Waals surface area contributed by atoms with Gasteiger partial charge in [-0.3, -0.25) is 14.4 Å². The number of nitrogens with zero attached hydrogens (tertiary/aromatic N) is 1. The summed E-state index contributed by atoms with van der Waals surface area (Å²) in [5.74, 6) is -0.474. The van der Waals surface area contributed by atoms with Gasteiger partial charge in [0, 0.05) is 19.3 Å². The second-order valence-corrected chi connectivity index (χ2v) is 16.2. The van der Waals surface area contributed by atoms with Crippen LogP contribution in [0.3, 0.4) is 0 Å². The van der Waals surface area contributed by atoms with Gasteiger partial charge in [-0.25, -0.2) is 0 Å². The molecule has 54 heavy (non-hydrogen) atoms. The number of unbranched alkanes of at least 4 members (excludes halogenated alkanes) is 29. The predicted octanol–water partition coefficient (Wildman–Crippen LogP) is 10.4. The molecule has 0 aliphatic carbocycles. The highest BCUT2D eigenvalue weighted by Gasteiger charge is 2.24. The van der Waals surface area contributed by atoms with Crippen molar-refractivity contribution >= 4 is 17.8 Å². The third-order valence-corrected chi connectivity index (χ3v) is 10.9. The van der Waals surface area contributed by atoms with Gasteiger partial charge in [0.2, 0.25) is 0 Å². The Bertz CT molecular complexity index is 774. The van der Waals surface area contributed by atoms with E-state index < -0.39 is 0 Å². The Morgan fingerprint density at radius 3 is 1.04 bits per heavy atom. The summed E-state index contributed by atoms with van der Waals surface area (Å²) in [6.45, 7) is 6.28. The highest BCUT2D eigenvalue weighted by Crippen LogP contribution is 2.15. The molecule has 0 aromatic rings. The van der Waals surface area contributed by atoms with Gasteiger partial charge in [0.15, 0.2) is 6.04 Å². The Kier molecular flexibility index (Phi) is 41.2. The van der Waals surface area contributed by atoms with Crippen molar-refractivity contribution in [2.24, 2.45) is 0 Å². The fourth-order valence-electron chi connectivity index (χ4n) is 7.25. The fraction of sp³-hybridized carbons (Fsp3) is 0.935. The van der Waals surface area contributed by atoms with Gasteiger partial charge in [0.25, 0.3) is 5.91 Å². The zero-order valence-corrected chi connectivity index (χ0v) is 36.3. The molecule has 1 amide bonds. The topological polar surface area (TPSA) is 128 Å². The number of esters is 2. The zero-order valence-electron chi connectivity index (χ0n) is 36.3. The quantitative estimate of drug-likeness (QED) is 0.0472. The Morgan fingerprint density at radius 1 is 0.444 bits per heavy atom. The first-order valence-electron chi connectivity index (χ1n) is 23.7. The van der Waals surface area contributed by atoms with Crippen LogP contribution in [0.1, 0.15) is 239 Å². The molecule has 8 nitrogen and oxygen atoms in total. The molecule has 0 radical (unpaired) electrons. The van der Waals surface area contributed by atoms with E-state index in [-0.39, 0.29) is 37.1 Å². The van der Waals surface area contributed by atoms with Gasteiger partial charge in [0.05, 0.1) is 19.6 Å². The van der Waals surface area contributed by atoms with Crippen molar-refractivity contribution in [3.05, 3.63) is 0 Å². The van der Waals surface area contributed by atoms with E-state index in [9.17, 15) is 14.4 Å². The lowest BCUT2D eigenvalue weighted by Crippen LogP contribution is -2.68. The average molecular weight is 768 g/mol. The van der Waals surface area contributed by atoms with E-state index in [2.05, 4.69) is 25.3 Å². The summed E-state index contributed by atoms with van der Waals surface area (Å²) in [5, 5.41) is 0. The first-order valence-corrected chi connectivity index (χ1v) is 23.7. The van der Waals surface area contributed by atoms with Crippen LogP contribution in [0.2, 0.25) is 0 Å². The third kappa shape index (κ3) is 37.3. The van der Waals surface area contributed by atoms with Crippen LogP contribution >= 0.6 is 0 Å². The van der Waals surface area contributed by atoms with Crippen LogP contribution < -0.4 is 11.5 Å². The summed E-state index contributed by atoms with van der Waals surface area (Å²) in [6, 6.07) is -0.372. The molecule has 8 heteroatoms. The van der Waals surface area contributed by atoms with E-state index in [1.807, 2.05) is 0 Å². The van der Waals surface area contributed by atoms with Crippen molar-refractivity contribution < 1.29 is 35.3 Å². The van der Waals surface area contributed by atoms with Crippen LogP contribution in [-0.4, -0.2) is 61.6 Å². The van der Waals surface area contributed by atoms with E-state index in [4.69, 9.17) is 9.47 Å². The minimum absolute atomic E-state index is 0.0732. The molecular weight excluding hydrogens is 675 g/mol. The van der Waals surface area contributed by atoms with Gasteiger partial charge in [-0.05, 0) is 25.7 Å². The number of carbonyl (C=O) groups excluding carboxylic acids is 3. The first-order chi connectivity index (χ1) is 26.5. The van der Waals surface area contributed by atoms with Crippen molar-refractivity contribution in [3.8, 4) is 0 Å². The number of hydrogen-bond donors (Lipinski definition) is 2. The SMILES string of the molecule is CCCCCCCCCCCCCCCCCC(=O)OCCN(CCOC(=O)CCCCCCCCCCCCCCCCC)C(=O)C([NH3+])CCCC[NH3+]. The molecule has 320 valence electrons. The molecule has 0 spiro atoms. The van der Waals surface area contributed by atoms with Crippen molar-refractivity contribution in [1.82, 2.24) is 4.90 Å². The highest BCUT2D eigenvalue weighted by molar-refractivity contribution is 5.80. The molecule has 0 aliphatic heterocycles. The second-order valence-electron chi connectivity index (χ2n) is 16.2. The predicted molar refractivity (Wildman–Crippen MR) is 226 cm³/mol. The summed E-state index contributed by atoms with van der Waals surface area (Å²) >= 11 is 0. The van der Waals surface area contributed by atoms with Gasteiger partial charge >= 0.3 is 11.9 Å². The number of carbonyl (C=O) groups is 3. The Labute approximate surface area is 334 Å². The summed E-state index contributed by atoms with van der Waals surface area (Å²) in [5.41, 5.74) is 7.99. The summed E-state index contributed by atoms with van der Waals surface area (Å²) in [4.78, 5) is 39.7. The van der Waals surface area contributed by atoms with Crippen LogP contribution in [0.5, 0.6) is 0 Å². The first kappa shape index (κ1) is 52.3. The largest absolute Gasteiger partial charge is 0.464 e. The van der Waals surface area contributed by atoms with Gasteiger partial charge < -0.3 is 25.8 Å². The van der Waals surface area contributed by atoms with Crippen molar-refractivity contribution in [2.45, 2.75) is 245 Å². The molecule has 0 heterocycles. The number of hydrogen-bond acceptors (Lipinski definition) is 5. The van der Waals surface area contributed by atoms with E-state index >= 15 is 0 Å². The smallest absolute Gasteiger partial charge is 0.305 e. The maximum atomic E-state index is 13.2. The Morgan fingerprint density at radius 2 is 0.741 bits per heavy atom. The molecule has 0 saturated carbocycles. The number of rotatable bonds is 43. The Balaban J connectivity index is 4.08. The molecule has 1 unspecified atom stereocenters. The van der Waals surface area contributed by atoms with Crippen LogP contribution in [0.25, 0.3) is 0 Å². The summed E-state index contributed by atoms with van der Waals surface area (Å²) in [6.07, 6.45) is 42.2. The monoisotopic (exact) mass is 768 g/mol. The minimum Gasteiger partial charge on any atom is -0.464 e. The zero-order chi connectivity index (χ0) is 39.6. The van der Waals surface area contributed by atoms with E-state index in [0.29, 0.717) is 32.4 Å². The number of ether oxygens (including phenoxy) is 2. The molecule has 0 saturated heterocycles. The van der Waals surface area contributed by atoms with E-state index in [0.717, 1.165) is 45.1 Å². The van der Waals surface area contributed by atoms with Gasteiger partial charge in [-0.1, -0.05) is 194 Å². The lowest BCUT2D eigenvalue weighted by molar-refractivity contribution is -0.408. The molecule has 0 aromatic carbocycles. The van der Waals surface area contributed by atoms with Gasteiger partial charge in [-0.2, -0.15) is 0 Å². The average Bonchev–Trinajstić information content (AvgIpc) is 3.17. The molecule has 0 fully saturated rings. The van der Waals surface area contributed by atoms with Crippen LogP contribution in [0.15, 0.2) is 0 Å². The maximum Gasteiger partial charge on any atom is 0.305 e. The fourth-order valence-corrected chi connectivity index (χ4v) is 7.25. The van der Waals surface area contributed by atoms with Crippen LogP contribution in [-0.2, 0) is 23.9 Å². The maximum absolute atomic E-state index is 13.2. The Hall–Kier alpha value is -1.67. The molecule has 1 atom stereocenters. The molecule has 6 N–H and O–H groups in total. The van der Waals surface area contributed by atoms with Crippen molar-refractivity contribution in [2.75, 3.05) is 32.8 Å². The highest BCUT2D eigenvalue weighted by atomic mass is 16.5. The van der Waals surface area contributed by atoms with Crippen LogP contribution in [0.4, 0.5) is 0 Å². The molecular formula is C46H93N3O5+2. The molecule has 0 aliphatic rings. The lowest BCUT2D eigenvalue weighted by atomic mass is 10.0. The molecule has 0 bridgehead atoms. The molecule has 0 rings (SSSR count). The van der Waals surface area contributed by atoms with Crippen molar-refractivity contribution in [1.29, 1.82) is 0 Å². The molecule has 0 aromatic heterocycles. The standard InChI is InChI=1S/C46H91N3O5/c1-3-5-7-9-11-13-15-17-19-21-23-25-27-29-31-36-44(50)53-41-39-49(46(52)43(48)35-33-34-38-47)40-42-54-45(51)37-32-30-28-26-24-22-20-18-16-14-12-10-8-6-4-2/h43H,3-42,47-48H2,1-2H3/p+2. The number of amides is 1. The van der Waals surface area contributed by atoms with Crippen LogP contribution in [0, 0.1) is 0 Å².